The molecule has 3 N–H and O–H groups in total. The number of allylic oxidation sites excluding steroid dienone is 2. The first-order valence-corrected chi connectivity index (χ1v) is 14.1. The summed E-state index contributed by atoms with van der Waals surface area (Å²) in [6.07, 6.45) is 21.6. The van der Waals surface area contributed by atoms with Gasteiger partial charge in [-0.3, -0.25) is 14.1 Å². The van der Waals surface area contributed by atoms with Crippen molar-refractivity contribution in [2.24, 2.45) is 0 Å². The maximum atomic E-state index is 10.8. The van der Waals surface area contributed by atoms with Crippen LogP contribution in [0.3, 0.4) is 0 Å². The fourth-order valence-electron chi connectivity index (χ4n) is 2.92. The van der Waals surface area contributed by atoms with E-state index in [0.29, 0.717) is 3.03 Å². The smallest absolute Gasteiger partial charge is 0.325 e. The van der Waals surface area contributed by atoms with Crippen LogP contribution in [0.1, 0.15) is 103 Å². The molecule has 10 heteroatoms. The predicted octanol–water partition coefficient (Wildman–Crippen LogP) is 4.52. The van der Waals surface area contributed by atoms with Gasteiger partial charge in [0, 0.05) is 0 Å². The number of hydrogen-bond acceptors (Lipinski definition) is 5. The largest absolute Gasteiger partial charge is 0.481 e. The molecular formula is C22H39NaO8S. The SMILES string of the molecule is CCCCCCCCC=CCCCCCCC[C](=O)[Na].O=C(O)CC(C(=O)O)S(=O)(=O)O. The summed E-state index contributed by atoms with van der Waals surface area (Å²) in [6.45, 7) is 2.27. The summed E-state index contributed by atoms with van der Waals surface area (Å²) in [5.74, 6) is -3.50. The van der Waals surface area contributed by atoms with E-state index in [1.54, 1.807) is 0 Å². The monoisotopic (exact) mass is 486 g/mol. The summed E-state index contributed by atoms with van der Waals surface area (Å²) in [6, 6.07) is 0. The van der Waals surface area contributed by atoms with Gasteiger partial charge >= 0.3 is 118 Å². The van der Waals surface area contributed by atoms with Gasteiger partial charge in [0.1, 0.15) is 0 Å². The summed E-state index contributed by atoms with van der Waals surface area (Å²) in [5.41, 5.74) is 0. The average Bonchev–Trinajstić information content (AvgIpc) is 2.68. The third-order valence-electron chi connectivity index (χ3n) is 4.79. The minimum absolute atomic E-state index is 0.475. The van der Waals surface area contributed by atoms with E-state index in [-0.39, 0.29) is 0 Å². The van der Waals surface area contributed by atoms with Gasteiger partial charge in [-0.15, -0.1) is 0 Å². The molecule has 1 atom stereocenters. The van der Waals surface area contributed by atoms with Crippen molar-refractivity contribution in [1.82, 2.24) is 0 Å². The van der Waals surface area contributed by atoms with E-state index in [1.165, 1.54) is 77.0 Å². The van der Waals surface area contributed by atoms with Crippen LogP contribution in [0.2, 0.25) is 0 Å². The van der Waals surface area contributed by atoms with Gasteiger partial charge in [0.05, 0.1) is 6.42 Å². The van der Waals surface area contributed by atoms with Crippen LogP contribution in [-0.2, 0) is 24.5 Å². The molecule has 0 amide bonds. The van der Waals surface area contributed by atoms with Gasteiger partial charge in [0.2, 0.25) is 0 Å². The van der Waals surface area contributed by atoms with Crippen molar-refractivity contribution < 1.29 is 37.6 Å². The van der Waals surface area contributed by atoms with Crippen LogP contribution >= 0.6 is 0 Å². The Morgan fingerprint density at radius 3 is 1.59 bits per heavy atom. The minimum atomic E-state index is -4.84. The first-order chi connectivity index (χ1) is 15.0. The molecule has 0 fully saturated rings. The average molecular weight is 487 g/mol. The van der Waals surface area contributed by atoms with E-state index >= 15 is 0 Å². The van der Waals surface area contributed by atoms with Crippen molar-refractivity contribution >= 4 is 53.0 Å². The van der Waals surface area contributed by atoms with Crippen LogP contribution in [0.15, 0.2) is 12.2 Å². The molecule has 0 aromatic carbocycles. The van der Waals surface area contributed by atoms with Crippen molar-refractivity contribution in [3.63, 3.8) is 0 Å². The molecule has 1 unspecified atom stereocenters. The Labute approximate surface area is 210 Å². The zero-order valence-corrected chi connectivity index (χ0v) is 22.4. The van der Waals surface area contributed by atoms with Gasteiger partial charge < -0.3 is 10.2 Å². The van der Waals surface area contributed by atoms with Crippen LogP contribution in [0.5, 0.6) is 0 Å². The van der Waals surface area contributed by atoms with E-state index in [4.69, 9.17) is 14.8 Å². The number of carboxylic acid groups (broad SMARTS) is 2. The number of aliphatic carboxylic acids is 2. The van der Waals surface area contributed by atoms with Crippen molar-refractivity contribution in [1.29, 1.82) is 0 Å². The number of carboxylic acids is 2. The van der Waals surface area contributed by atoms with Crippen LogP contribution in [0, 0.1) is 0 Å². The normalized spacial score (nSPS) is 12.2. The second-order valence-corrected chi connectivity index (χ2v) is 10.7. The first-order valence-electron chi connectivity index (χ1n) is 11.6. The molecule has 0 aliphatic heterocycles. The molecule has 0 spiro atoms. The summed E-state index contributed by atoms with van der Waals surface area (Å²) in [5, 5.41) is 13.9. The molecule has 0 saturated heterocycles. The van der Waals surface area contributed by atoms with Gasteiger partial charge in [0.25, 0.3) is 10.1 Å². The molecule has 182 valence electrons. The van der Waals surface area contributed by atoms with E-state index in [2.05, 4.69) is 19.1 Å². The molecule has 32 heavy (non-hydrogen) atoms. The molecular weight excluding hydrogens is 447 g/mol. The Morgan fingerprint density at radius 1 is 0.812 bits per heavy atom. The molecule has 0 bridgehead atoms. The van der Waals surface area contributed by atoms with Crippen molar-refractivity contribution in [2.45, 2.75) is 108 Å². The van der Waals surface area contributed by atoms with Gasteiger partial charge in [-0.1, -0.05) is 39.0 Å². The van der Waals surface area contributed by atoms with Crippen LogP contribution in [0.25, 0.3) is 0 Å². The minimum Gasteiger partial charge on any atom is -0.481 e. The van der Waals surface area contributed by atoms with Gasteiger partial charge in [-0.05, 0) is 0 Å². The number of hydrogen-bond donors (Lipinski definition) is 3. The molecule has 0 heterocycles. The van der Waals surface area contributed by atoms with Crippen LogP contribution in [-0.4, -0.2) is 71.3 Å². The number of unbranched alkanes of at least 4 members (excludes halogenated alkanes) is 11. The second kappa shape index (κ2) is 22.1. The molecule has 0 radical (unpaired) electrons. The molecule has 0 aliphatic rings. The van der Waals surface area contributed by atoms with Crippen LogP contribution in [0.4, 0.5) is 0 Å². The fourth-order valence-corrected chi connectivity index (χ4v) is 3.88. The van der Waals surface area contributed by atoms with E-state index in [9.17, 15) is 22.8 Å². The molecule has 0 aromatic heterocycles. The molecule has 0 aromatic rings. The van der Waals surface area contributed by atoms with Gasteiger partial charge in [-0.2, -0.15) is 8.42 Å². The van der Waals surface area contributed by atoms with Crippen molar-refractivity contribution in [3.8, 4) is 0 Å². The Hall–Kier alpha value is -0.740. The van der Waals surface area contributed by atoms with Crippen molar-refractivity contribution in [2.75, 3.05) is 0 Å². The molecule has 0 rings (SSSR count). The van der Waals surface area contributed by atoms with Crippen molar-refractivity contribution in [3.05, 3.63) is 12.2 Å². The number of carbonyl (C=O) groups excluding carboxylic acids is 1. The quantitative estimate of drug-likeness (QED) is 0.104. The Bertz CT molecular complexity index is 646. The summed E-state index contributed by atoms with van der Waals surface area (Å²) in [4.78, 5) is 30.8. The van der Waals surface area contributed by atoms with E-state index in [0.717, 1.165) is 40.8 Å². The zero-order chi connectivity index (χ0) is 24.8. The summed E-state index contributed by atoms with van der Waals surface area (Å²) >= 11 is 0.742. The molecule has 8 nitrogen and oxygen atoms in total. The first kappa shape index (κ1) is 33.4. The van der Waals surface area contributed by atoms with Gasteiger partial charge in [0.15, 0.2) is 5.25 Å². The van der Waals surface area contributed by atoms with E-state index < -0.39 is 33.7 Å². The molecule has 0 aliphatic carbocycles. The Morgan fingerprint density at radius 2 is 1.25 bits per heavy atom. The molecule has 0 saturated carbocycles. The number of rotatable bonds is 19. The maximum absolute atomic E-state index is 10.8. The number of carbonyl (C=O) groups is 3. The third-order valence-corrected chi connectivity index (χ3v) is 6.37. The Kier molecular flexibility index (Phi) is 23.1. The van der Waals surface area contributed by atoms with Crippen LogP contribution < -0.4 is 0 Å². The van der Waals surface area contributed by atoms with E-state index in [1.807, 2.05) is 0 Å². The summed E-state index contributed by atoms with van der Waals surface area (Å²) in [7, 11) is -4.84. The second-order valence-electron chi connectivity index (χ2n) is 7.98. The predicted molar refractivity (Wildman–Crippen MR) is 125 cm³/mol. The zero-order valence-electron chi connectivity index (χ0n) is 19.6. The van der Waals surface area contributed by atoms with Gasteiger partial charge in [-0.25, -0.2) is 0 Å². The standard InChI is InChI=1S/C18H33O.C4H6O7S.Na/c1-2-3-4-5-6-7-8-9-10-11-12-13-14-15-16-17-18-19;5-3(6)1-2(4(7)8)12(9,10)11;/h9-10H,2-8,11-17H2,1H3;2H,1H2,(H,5,6)(H,7,8)(H,9,10,11);. The third kappa shape index (κ3) is 25.5. The Balaban J connectivity index is 0. The topological polar surface area (TPSA) is 146 Å². The summed E-state index contributed by atoms with van der Waals surface area (Å²) < 4.78 is 29.1. The maximum Gasteiger partial charge on any atom is 0.325 e. The fraction of sp³-hybridized carbons (Fsp3) is 0.773.